The molecule has 0 spiro atoms. The van der Waals surface area contributed by atoms with Crippen LogP contribution in [0.25, 0.3) is 10.9 Å². The summed E-state index contributed by atoms with van der Waals surface area (Å²) in [7, 11) is 0. The molecule has 120 valence electrons. The minimum absolute atomic E-state index is 0.103. The summed E-state index contributed by atoms with van der Waals surface area (Å²) in [5.41, 5.74) is 1.71. The van der Waals surface area contributed by atoms with E-state index in [-0.39, 0.29) is 6.42 Å². The van der Waals surface area contributed by atoms with Crippen LogP contribution < -0.4 is 5.32 Å². The molecule has 2 aromatic heterocycles. The van der Waals surface area contributed by atoms with Crippen molar-refractivity contribution < 1.29 is 14.7 Å². The number of amides is 1. The van der Waals surface area contributed by atoms with Crippen LogP contribution in [0.15, 0.2) is 60.9 Å². The lowest BCUT2D eigenvalue weighted by atomic mass is 10.1. The fraction of sp³-hybridized carbons (Fsp3) is 0.111. The lowest BCUT2D eigenvalue weighted by Gasteiger charge is -2.14. The first-order valence-corrected chi connectivity index (χ1v) is 7.42. The molecular formula is C18H15N3O3. The molecule has 0 saturated heterocycles. The minimum Gasteiger partial charge on any atom is -0.480 e. The van der Waals surface area contributed by atoms with E-state index in [9.17, 15) is 14.7 Å². The molecule has 3 rings (SSSR count). The Bertz CT molecular complexity index is 881. The molecule has 6 heteroatoms. The lowest BCUT2D eigenvalue weighted by Crippen LogP contribution is -2.42. The van der Waals surface area contributed by atoms with Crippen molar-refractivity contribution in [2.24, 2.45) is 0 Å². The van der Waals surface area contributed by atoms with Gasteiger partial charge in [0.2, 0.25) is 0 Å². The van der Waals surface area contributed by atoms with Crippen LogP contribution in [-0.4, -0.2) is 33.0 Å². The van der Waals surface area contributed by atoms with Gasteiger partial charge in [-0.05, 0) is 24.3 Å². The van der Waals surface area contributed by atoms with Gasteiger partial charge < -0.3 is 10.4 Å². The Labute approximate surface area is 138 Å². The van der Waals surface area contributed by atoms with E-state index in [1.165, 1.54) is 6.20 Å². The summed E-state index contributed by atoms with van der Waals surface area (Å²) in [6, 6.07) is 13.4. The van der Waals surface area contributed by atoms with E-state index in [1.54, 1.807) is 24.4 Å². The topological polar surface area (TPSA) is 92.2 Å². The summed E-state index contributed by atoms with van der Waals surface area (Å²) < 4.78 is 0. The average Bonchev–Trinajstić information content (AvgIpc) is 2.61. The molecule has 0 saturated carbocycles. The zero-order valence-electron chi connectivity index (χ0n) is 12.7. The molecule has 0 radical (unpaired) electrons. The van der Waals surface area contributed by atoms with Gasteiger partial charge in [-0.1, -0.05) is 24.3 Å². The quantitative estimate of drug-likeness (QED) is 0.750. The number of hydrogen-bond donors (Lipinski definition) is 2. The number of carbonyl (C=O) groups is 2. The van der Waals surface area contributed by atoms with Crippen LogP contribution in [0.5, 0.6) is 0 Å². The van der Waals surface area contributed by atoms with Gasteiger partial charge in [0.25, 0.3) is 5.91 Å². The maximum absolute atomic E-state index is 12.1. The van der Waals surface area contributed by atoms with Crippen molar-refractivity contribution in [3.8, 4) is 0 Å². The van der Waals surface area contributed by atoms with Crippen LogP contribution in [0.2, 0.25) is 0 Å². The van der Waals surface area contributed by atoms with Crippen molar-refractivity contribution in [1.29, 1.82) is 0 Å². The number of pyridine rings is 2. The van der Waals surface area contributed by atoms with Crippen LogP contribution >= 0.6 is 0 Å². The number of carboxylic acids is 1. The second-order valence-corrected chi connectivity index (χ2v) is 5.31. The highest BCUT2D eigenvalue weighted by Crippen LogP contribution is 2.13. The number of para-hydroxylation sites is 1. The number of carboxylic acid groups (broad SMARTS) is 1. The molecule has 3 aromatic rings. The summed E-state index contributed by atoms with van der Waals surface area (Å²) in [4.78, 5) is 31.9. The summed E-state index contributed by atoms with van der Waals surface area (Å²) in [5, 5.41) is 12.9. The van der Waals surface area contributed by atoms with Crippen LogP contribution in [0.4, 0.5) is 0 Å². The van der Waals surface area contributed by atoms with E-state index in [2.05, 4.69) is 15.3 Å². The van der Waals surface area contributed by atoms with Gasteiger partial charge in [-0.2, -0.15) is 0 Å². The largest absolute Gasteiger partial charge is 0.480 e. The summed E-state index contributed by atoms with van der Waals surface area (Å²) >= 11 is 0. The molecule has 0 fully saturated rings. The number of nitrogens with zero attached hydrogens (tertiary/aromatic N) is 2. The number of carbonyl (C=O) groups excluding carboxylic acids is 1. The van der Waals surface area contributed by atoms with E-state index in [0.717, 1.165) is 10.9 Å². The van der Waals surface area contributed by atoms with E-state index < -0.39 is 17.9 Å². The maximum atomic E-state index is 12.1. The molecule has 2 N–H and O–H groups in total. The zero-order chi connectivity index (χ0) is 16.9. The van der Waals surface area contributed by atoms with Gasteiger partial charge in [0.1, 0.15) is 6.04 Å². The Morgan fingerprint density at radius 2 is 1.92 bits per heavy atom. The summed E-state index contributed by atoms with van der Waals surface area (Å²) in [6.07, 6.45) is 3.04. The van der Waals surface area contributed by atoms with Crippen molar-refractivity contribution in [1.82, 2.24) is 15.3 Å². The van der Waals surface area contributed by atoms with Crippen LogP contribution in [0.1, 0.15) is 16.1 Å². The van der Waals surface area contributed by atoms with E-state index in [0.29, 0.717) is 11.3 Å². The zero-order valence-corrected chi connectivity index (χ0v) is 12.7. The SMILES string of the molecule is O=C(N[C@@H](Cc1ccc2ccccc2n1)C(=O)O)c1cccnc1. The molecule has 0 aliphatic heterocycles. The van der Waals surface area contributed by atoms with Crippen LogP contribution in [0.3, 0.4) is 0 Å². The number of rotatable bonds is 5. The minimum atomic E-state index is -1.11. The molecule has 0 unspecified atom stereocenters. The molecule has 0 aliphatic rings. The van der Waals surface area contributed by atoms with Gasteiger partial charge in [0.15, 0.2) is 0 Å². The molecule has 2 heterocycles. The van der Waals surface area contributed by atoms with Crippen molar-refractivity contribution in [2.75, 3.05) is 0 Å². The molecule has 0 bridgehead atoms. The molecule has 1 atom stereocenters. The Hall–Kier alpha value is -3.28. The van der Waals surface area contributed by atoms with Crippen molar-refractivity contribution in [3.05, 3.63) is 72.2 Å². The normalized spacial score (nSPS) is 11.8. The van der Waals surface area contributed by atoms with Crippen LogP contribution in [-0.2, 0) is 11.2 Å². The summed E-state index contributed by atoms with van der Waals surface area (Å²) in [6.45, 7) is 0. The Kier molecular flexibility index (Phi) is 4.47. The lowest BCUT2D eigenvalue weighted by molar-refractivity contribution is -0.139. The molecular weight excluding hydrogens is 306 g/mol. The molecule has 1 aromatic carbocycles. The highest BCUT2D eigenvalue weighted by molar-refractivity contribution is 5.96. The third-order valence-electron chi connectivity index (χ3n) is 3.60. The Balaban J connectivity index is 1.78. The van der Waals surface area contributed by atoms with Crippen LogP contribution in [0, 0.1) is 0 Å². The fourth-order valence-corrected chi connectivity index (χ4v) is 2.37. The summed E-state index contributed by atoms with van der Waals surface area (Å²) in [5.74, 6) is -1.58. The average molecular weight is 321 g/mol. The second-order valence-electron chi connectivity index (χ2n) is 5.31. The highest BCUT2D eigenvalue weighted by atomic mass is 16.4. The third-order valence-corrected chi connectivity index (χ3v) is 3.60. The van der Waals surface area contributed by atoms with Gasteiger partial charge in [0.05, 0.1) is 11.1 Å². The number of benzene rings is 1. The first-order valence-electron chi connectivity index (χ1n) is 7.42. The van der Waals surface area contributed by atoms with Gasteiger partial charge in [0, 0.05) is 29.9 Å². The Morgan fingerprint density at radius 1 is 1.08 bits per heavy atom. The second kappa shape index (κ2) is 6.87. The fourth-order valence-electron chi connectivity index (χ4n) is 2.37. The van der Waals surface area contributed by atoms with Crippen molar-refractivity contribution in [2.45, 2.75) is 12.5 Å². The van der Waals surface area contributed by atoms with Gasteiger partial charge in [-0.15, -0.1) is 0 Å². The van der Waals surface area contributed by atoms with Gasteiger partial charge in [-0.25, -0.2) is 4.79 Å². The maximum Gasteiger partial charge on any atom is 0.326 e. The number of nitrogens with one attached hydrogen (secondary N) is 1. The number of hydrogen-bond acceptors (Lipinski definition) is 4. The van der Waals surface area contributed by atoms with E-state index >= 15 is 0 Å². The predicted octanol–water partition coefficient (Wildman–Crippen LogP) is 2.06. The number of fused-ring (bicyclic) bond motifs is 1. The molecule has 6 nitrogen and oxygen atoms in total. The third kappa shape index (κ3) is 3.55. The van der Waals surface area contributed by atoms with Gasteiger partial charge in [-0.3, -0.25) is 14.8 Å². The first kappa shape index (κ1) is 15.6. The standard InChI is InChI=1S/C18H15N3O3/c22-17(13-5-3-9-19-11-13)21-16(18(23)24)10-14-8-7-12-4-1-2-6-15(12)20-14/h1-9,11,16H,10H2,(H,21,22)(H,23,24)/t16-/m0/s1. The molecule has 24 heavy (non-hydrogen) atoms. The first-order chi connectivity index (χ1) is 11.6. The monoisotopic (exact) mass is 321 g/mol. The van der Waals surface area contributed by atoms with Crippen molar-refractivity contribution >= 4 is 22.8 Å². The number of aromatic nitrogens is 2. The number of aliphatic carboxylic acids is 1. The van der Waals surface area contributed by atoms with E-state index in [4.69, 9.17) is 0 Å². The molecule has 0 aliphatic carbocycles. The van der Waals surface area contributed by atoms with Crippen molar-refractivity contribution in [3.63, 3.8) is 0 Å². The predicted molar refractivity (Wildman–Crippen MR) is 88.6 cm³/mol. The van der Waals surface area contributed by atoms with E-state index in [1.807, 2.05) is 30.3 Å². The van der Waals surface area contributed by atoms with Gasteiger partial charge >= 0.3 is 5.97 Å². The Morgan fingerprint density at radius 3 is 2.67 bits per heavy atom. The molecule has 1 amide bonds. The highest BCUT2D eigenvalue weighted by Gasteiger charge is 2.22. The smallest absolute Gasteiger partial charge is 0.326 e.